The number of aliphatic carboxylic acids is 1. The second kappa shape index (κ2) is 7.57. The molecule has 4 saturated carbocycles. The number of carboxylic acids is 1. The number of fused-ring (bicyclic) bond motifs is 7. The lowest BCUT2D eigenvalue weighted by molar-refractivity contribution is -0.253. The third-order valence-corrected chi connectivity index (χ3v) is 13.3. The maximum Gasteiger partial charge on any atom is 0.310 e. The van der Waals surface area contributed by atoms with Gasteiger partial charge in [0.15, 0.2) is 0 Å². The van der Waals surface area contributed by atoms with Gasteiger partial charge in [-0.05, 0) is 85.4 Å². The standard InChI is InChI=1S/C30H48O5/c1-25(2)11-13-30(24(34)35)14-12-27(4)18(19(30)16-25)7-8-21-28(27,5)10-9-20-26(3,17-31)22(32)15-23(33)29(20,21)6/h7,19-23,31-33H,8-17H2,1-6H3,(H,34,35). The van der Waals surface area contributed by atoms with E-state index in [4.69, 9.17) is 0 Å². The van der Waals surface area contributed by atoms with Gasteiger partial charge in [0.25, 0.3) is 0 Å². The normalized spacial score (nSPS) is 55.0. The Morgan fingerprint density at radius 2 is 1.60 bits per heavy atom. The average molecular weight is 489 g/mol. The number of carbonyl (C=O) groups is 1. The van der Waals surface area contributed by atoms with Crippen LogP contribution in [0.25, 0.3) is 0 Å². The first-order valence-corrected chi connectivity index (χ1v) is 14.0. The topological polar surface area (TPSA) is 98.0 Å². The van der Waals surface area contributed by atoms with Crippen LogP contribution in [-0.4, -0.2) is 45.2 Å². The van der Waals surface area contributed by atoms with Gasteiger partial charge >= 0.3 is 5.97 Å². The van der Waals surface area contributed by atoms with Gasteiger partial charge in [0.2, 0.25) is 0 Å². The highest BCUT2D eigenvalue weighted by Gasteiger charge is 2.71. The van der Waals surface area contributed by atoms with E-state index in [9.17, 15) is 25.2 Å². The van der Waals surface area contributed by atoms with Crippen LogP contribution in [-0.2, 0) is 4.79 Å². The molecule has 4 fully saturated rings. The SMILES string of the molecule is CC1(C)CCC2(C(=O)O)CCC3(C)C(=CCC4C5(C)C(O)CC(O)C(C)(CO)C5CCC43C)C2C1. The lowest BCUT2D eigenvalue weighted by Crippen LogP contribution is -2.69. The number of allylic oxidation sites excluding steroid dienone is 2. The van der Waals surface area contributed by atoms with Crippen molar-refractivity contribution in [2.75, 3.05) is 6.61 Å². The first kappa shape index (κ1) is 25.7. The van der Waals surface area contributed by atoms with Gasteiger partial charge in [-0.1, -0.05) is 53.2 Å². The van der Waals surface area contributed by atoms with Crippen molar-refractivity contribution in [2.24, 2.45) is 50.2 Å². The summed E-state index contributed by atoms with van der Waals surface area (Å²) < 4.78 is 0. The minimum absolute atomic E-state index is 0.0469. The number of aliphatic hydroxyl groups excluding tert-OH is 3. The predicted molar refractivity (Wildman–Crippen MR) is 135 cm³/mol. The number of rotatable bonds is 2. The molecule has 0 radical (unpaired) electrons. The quantitative estimate of drug-likeness (QED) is 0.402. The van der Waals surface area contributed by atoms with Crippen molar-refractivity contribution in [3.63, 3.8) is 0 Å². The molecule has 5 aliphatic carbocycles. The van der Waals surface area contributed by atoms with Gasteiger partial charge in [0.1, 0.15) is 0 Å². The zero-order valence-electron chi connectivity index (χ0n) is 22.7. The maximum absolute atomic E-state index is 12.8. The molecular weight excluding hydrogens is 440 g/mol. The molecule has 10 unspecified atom stereocenters. The summed E-state index contributed by atoms with van der Waals surface area (Å²) in [5.41, 5.74) is -0.297. The molecule has 35 heavy (non-hydrogen) atoms. The number of hydrogen-bond acceptors (Lipinski definition) is 4. The van der Waals surface area contributed by atoms with E-state index in [1.54, 1.807) is 0 Å². The second-order valence-electron chi connectivity index (χ2n) is 15.0. The summed E-state index contributed by atoms with van der Waals surface area (Å²) in [5, 5.41) is 43.4. The van der Waals surface area contributed by atoms with Gasteiger partial charge in [-0.15, -0.1) is 0 Å². The van der Waals surface area contributed by atoms with Crippen LogP contribution in [0.1, 0.15) is 99.3 Å². The maximum atomic E-state index is 12.8. The molecule has 198 valence electrons. The summed E-state index contributed by atoms with van der Waals surface area (Å²) in [4.78, 5) is 12.8. The van der Waals surface area contributed by atoms with E-state index >= 15 is 0 Å². The van der Waals surface area contributed by atoms with Crippen molar-refractivity contribution in [3.8, 4) is 0 Å². The summed E-state index contributed by atoms with van der Waals surface area (Å²) in [6.45, 7) is 13.6. The second-order valence-corrected chi connectivity index (χ2v) is 15.0. The Labute approximate surface area is 211 Å². The first-order chi connectivity index (χ1) is 16.1. The zero-order chi connectivity index (χ0) is 25.8. The van der Waals surface area contributed by atoms with Gasteiger partial charge < -0.3 is 20.4 Å². The predicted octanol–water partition coefficient (Wildman–Crippen LogP) is 5.18. The highest BCUT2D eigenvalue weighted by atomic mass is 16.4. The summed E-state index contributed by atoms with van der Waals surface area (Å²) >= 11 is 0. The molecule has 0 aromatic rings. The van der Waals surface area contributed by atoms with E-state index in [-0.39, 0.29) is 40.6 Å². The van der Waals surface area contributed by atoms with E-state index in [0.717, 1.165) is 51.4 Å². The van der Waals surface area contributed by atoms with Gasteiger partial charge in [-0.2, -0.15) is 0 Å². The molecule has 0 spiro atoms. The van der Waals surface area contributed by atoms with E-state index in [1.807, 2.05) is 6.92 Å². The Morgan fingerprint density at radius 3 is 2.23 bits per heavy atom. The molecule has 10 atom stereocenters. The number of aliphatic hydroxyl groups is 3. The van der Waals surface area contributed by atoms with Crippen LogP contribution < -0.4 is 0 Å². The van der Waals surface area contributed by atoms with Crippen LogP contribution in [0.4, 0.5) is 0 Å². The van der Waals surface area contributed by atoms with Crippen molar-refractivity contribution in [1.29, 1.82) is 0 Å². The smallest absolute Gasteiger partial charge is 0.310 e. The van der Waals surface area contributed by atoms with E-state index in [2.05, 4.69) is 40.7 Å². The Morgan fingerprint density at radius 1 is 0.943 bits per heavy atom. The van der Waals surface area contributed by atoms with Crippen molar-refractivity contribution < 1.29 is 25.2 Å². The third kappa shape index (κ3) is 3.01. The van der Waals surface area contributed by atoms with Gasteiger partial charge in [0, 0.05) is 17.3 Å². The lowest BCUT2D eigenvalue weighted by Gasteiger charge is -2.72. The highest BCUT2D eigenvalue weighted by Crippen LogP contribution is 2.75. The van der Waals surface area contributed by atoms with E-state index in [1.165, 1.54) is 5.57 Å². The van der Waals surface area contributed by atoms with Crippen LogP contribution in [0.2, 0.25) is 0 Å². The summed E-state index contributed by atoms with van der Waals surface area (Å²) in [7, 11) is 0. The van der Waals surface area contributed by atoms with Gasteiger partial charge in [-0.25, -0.2) is 0 Å². The van der Waals surface area contributed by atoms with Crippen LogP contribution in [0.15, 0.2) is 11.6 Å². The molecular formula is C30H48O5. The van der Waals surface area contributed by atoms with Crippen molar-refractivity contribution in [3.05, 3.63) is 11.6 Å². The molecule has 0 aromatic carbocycles. The lowest BCUT2D eigenvalue weighted by atomic mass is 9.33. The molecule has 0 bridgehead atoms. The molecule has 5 nitrogen and oxygen atoms in total. The highest BCUT2D eigenvalue weighted by molar-refractivity contribution is 5.76. The summed E-state index contributed by atoms with van der Waals surface area (Å²) in [6.07, 6.45) is 8.36. The number of carboxylic acid groups (broad SMARTS) is 1. The van der Waals surface area contributed by atoms with Crippen LogP contribution in [0.3, 0.4) is 0 Å². The molecule has 5 aliphatic rings. The van der Waals surface area contributed by atoms with Gasteiger partial charge in [-0.3, -0.25) is 4.79 Å². The Bertz CT molecular complexity index is 941. The molecule has 0 aromatic heterocycles. The van der Waals surface area contributed by atoms with E-state index in [0.29, 0.717) is 6.42 Å². The first-order valence-electron chi connectivity index (χ1n) is 14.0. The Balaban J connectivity index is 1.62. The fraction of sp³-hybridized carbons (Fsp3) is 0.900. The largest absolute Gasteiger partial charge is 0.481 e. The van der Waals surface area contributed by atoms with Crippen molar-refractivity contribution in [2.45, 2.75) is 112 Å². The fourth-order valence-corrected chi connectivity index (χ4v) is 10.6. The van der Waals surface area contributed by atoms with Gasteiger partial charge in [0.05, 0.1) is 24.2 Å². The molecule has 5 heteroatoms. The minimum Gasteiger partial charge on any atom is -0.481 e. The van der Waals surface area contributed by atoms with Crippen LogP contribution in [0, 0.1) is 50.2 Å². The Kier molecular flexibility index (Phi) is 5.56. The fourth-order valence-electron chi connectivity index (χ4n) is 10.6. The van der Waals surface area contributed by atoms with E-state index < -0.39 is 34.4 Å². The molecule has 0 saturated heterocycles. The average Bonchev–Trinajstić information content (AvgIpc) is 2.77. The van der Waals surface area contributed by atoms with Crippen molar-refractivity contribution in [1.82, 2.24) is 0 Å². The molecule has 0 amide bonds. The van der Waals surface area contributed by atoms with Crippen molar-refractivity contribution >= 4 is 5.97 Å². The molecule has 4 N–H and O–H groups in total. The summed E-state index contributed by atoms with van der Waals surface area (Å²) in [6, 6.07) is 0. The molecule has 5 rings (SSSR count). The number of hydrogen-bond donors (Lipinski definition) is 4. The monoisotopic (exact) mass is 488 g/mol. The zero-order valence-corrected chi connectivity index (χ0v) is 22.7. The van der Waals surface area contributed by atoms with Crippen LogP contribution in [0.5, 0.6) is 0 Å². The Hall–Kier alpha value is -0.910. The molecule has 0 heterocycles. The third-order valence-electron chi connectivity index (χ3n) is 13.3. The summed E-state index contributed by atoms with van der Waals surface area (Å²) in [5.74, 6) is -0.263. The molecule has 0 aliphatic heterocycles. The minimum atomic E-state index is -0.703. The van der Waals surface area contributed by atoms with Crippen LogP contribution >= 0.6 is 0 Å².